The maximum Gasteiger partial charge on any atom is 0.229 e. The van der Waals surface area contributed by atoms with E-state index in [1.54, 1.807) is 23.1 Å². The molecular weight excluding hydrogens is 364 g/mol. The molecule has 1 amide bonds. The number of hydrogen-bond acceptors (Lipinski definition) is 6. The third-order valence-electron chi connectivity index (χ3n) is 5.17. The van der Waals surface area contributed by atoms with E-state index in [1.807, 2.05) is 23.1 Å². The lowest BCUT2D eigenvalue weighted by Gasteiger charge is -2.28. The normalized spacial score (nSPS) is 22.5. The molecule has 0 aliphatic carbocycles. The second kappa shape index (κ2) is 6.70. The van der Waals surface area contributed by atoms with E-state index in [2.05, 4.69) is 21.4 Å². The minimum atomic E-state index is 0.129. The smallest absolute Gasteiger partial charge is 0.229 e. The number of aromatic nitrogens is 1. The molecule has 1 fully saturated rings. The van der Waals surface area contributed by atoms with Crippen molar-refractivity contribution in [2.24, 2.45) is 4.99 Å². The maximum absolute atomic E-state index is 13.1. The minimum Gasteiger partial charge on any atom is -0.333 e. The van der Waals surface area contributed by atoms with Gasteiger partial charge in [-0.05, 0) is 36.8 Å². The third kappa shape index (κ3) is 2.83. The number of para-hydroxylation sites is 1. The van der Waals surface area contributed by atoms with Crippen LogP contribution in [0.15, 0.2) is 40.4 Å². The fourth-order valence-corrected chi connectivity index (χ4v) is 5.95. The SMILES string of the molecule is O=C(CC1=CSC2=NCCCN12)N1CCCC1c1nc2ccccc2s1. The molecule has 7 heteroatoms. The monoisotopic (exact) mass is 384 g/mol. The number of thiazole rings is 1. The van der Waals surface area contributed by atoms with E-state index in [9.17, 15) is 4.79 Å². The molecule has 0 spiro atoms. The van der Waals surface area contributed by atoms with Crippen LogP contribution in [0.4, 0.5) is 0 Å². The van der Waals surface area contributed by atoms with Gasteiger partial charge in [0.2, 0.25) is 5.91 Å². The fourth-order valence-electron chi connectivity index (χ4n) is 3.88. The van der Waals surface area contributed by atoms with E-state index in [4.69, 9.17) is 4.98 Å². The Morgan fingerprint density at radius 2 is 2.15 bits per heavy atom. The molecule has 5 nitrogen and oxygen atoms in total. The molecule has 134 valence electrons. The van der Waals surface area contributed by atoms with Crippen LogP contribution in [0.3, 0.4) is 0 Å². The van der Waals surface area contributed by atoms with Gasteiger partial charge in [0, 0.05) is 25.3 Å². The van der Waals surface area contributed by atoms with Gasteiger partial charge in [0.05, 0.1) is 22.7 Å². The van der Waals surface area contributed by atoms with E-state index in [1.165, 1.54) is 4.70 Å². The van der Waals surface area contributed by atoms with Gasteiger partial charge >= 0.3 is 0 Å². The summed E-state index contributed by atoms with van der Waals surface area (Å²) in [6, 6.07) is 8.35. The quantitative estimate of drug-likeness (QED) is 0.803. The Bertz CT molecular complexity index is 886. The number of benzene rings is 1. The molecule has 1 aromatic carbocycles. The molecule has 0 radical (unpaired) electrons. The Hall–Kier alpha value is -1.86. The van der Waals surface area contributed by atoms with Crippen molar-refractivity contribution in [3.8, 4) is 0 Å². The van der Waals surface area contributed by atoms with E-state index in [-0.39, 0.29) is 11.9 Å². The topological polar surface area (TPSA) is 48.8 Å². The van der Waals surface area contributed by atoms with Crippen LogP contribution < -0.4 is 0 Å². The zero-order chi connectivity index (χ0) is 17.5. The van der Waals surface area contributed by atoms with Crippen molar-refractivity contribution in [3.05, 3.63) is 40.4 Å². The molecule has 5 rings (SSSR count). The molecule has 1 aromatic heterocycles. The van der Waals surface area contributed by atoms with E-state index in [0.29, 0.717) is 6.42 Å². The predicted octanol–water partition coefficient (Wildman–Crippen LogP) is 4.00. The maximum atomic E-state index is 13.1. The van der Waals surface area contributed by atoms with Crippen LogP contribution in [0, 0.1) is 0 Å². The lowest BCUT2D eigenvalue weighted by Crippen LogP contribution is -2.35. The van der Waals surface area contributed by atoms with Gasteiger partial charge < -0.3 is 9.80 Å². The highest BCUT2D eigenvalue weighted by molar-refractivity contribution is 8.16. The highest BCUT2D eigenvalue weighted by atomic mass is 32.2. The number of hydrogen-bond donors (Lipinski definition) is 0. The molecule has 3 aliphatic rings. The van der Waals surface area contributed by atoms with E-state index >= 15 is 0 Å². The van der Waals surface area contributed by atoms with Gasteiger partial charge in [0.15, 0.2) is 5.17 Å². The molecule has 1 unspecified atom stereocenters. The number of carbonyl (C=O) groups excluding carboxylic acids is 1. The van der Waals surface area contributed by atoms with Crippen LogP contribution in [-0.2, 0) is 4.79 Å². The molecule has 0 bridgehead atoms. The molecule has 26 heavy (non-hydrogen) atoms. The Morgan fingerprint density at radius 3 is 3.08 bits per heavy atom. The van der Waals surface area contributed by atoms with Crippen LogP contribution in [0.25, 0.3) is 10.2 Å². The van der Waals surface area contributed by atoms with Crippen molar-refractivity contribution in [1.82, 2.24) is 14.8 Å². The molecule has 2 aromatic rings. The predicted molar refractivity (Wildman–Crippen MR) is 107 cm³/mol. The molecular formula is C19H20N4OS2. The number of aliphatic imine (C=N–C) groups is 1. The van der Waals surface area contributed by atoms with Crippen molar-refractivity contribution < 1.29 is 4.79 Å². The van der Waals surface area contributed by atoms with Gasteiger partial charge in [-0.2, -0.15) is 0 Å². The number of thioether (sulfide) groups is 1. The standard InChI is InChI=1S/C19H20N4OS2/c24-17(11-13-12-25-19-20-8-4-10-22(13)19)23-9-3-6-15(23)18-21-14-5-1-2-7-16(14)26-18/h1-2,5,7,12,15H,3-4,6,8-11H2. The highest BCUT2D eigenvalue weighted by Crippen LogP contribution is 2.38. The number of carbonyl (C=O) groups is 1. The van der Waals surface area contributed by atoms with Gasteiger partial charge in [0.25, 0.3) is 0 Å². The molecule has 0 N–H and O–H groups in total. The Morgan fingerprint density at radius 1 is 1.23 bits per heavy atom. The zero-order valence-electron chi connectivity index (χ0n) is 14.4. The number of rotatable bonds is 3. The lowest BCUT2D eigenvalue weighted by atomic mass is 10.2. The summed E-state index contributed by atoms with van der Waals surface area (Å²) in [5, 5.41) is 4.24. The first-order valence-electron chi connectivity index (χ1n) is 9.12. The number of fused-ring (bicyclic) bond motifs is 2. The molecule has 4 heterocycles. The number of amides is 1. The fraction of sp³-hybridized carbons (Fsp3) is 0.421. The highest BCUT2D eigenvalue weighted by Gasteiger charge is 2.34. The Balaban J connectivity index is 1.34. The summed E-state index contributed by atoms with van der Waals surface area (Å²) in [5.74, 6) is 0.213. The van der Waals surface area contributed by atoms with Gasteiger partial charge in [-0.25, -0.2) is 4.98 Å². The lowest BCUT2D eigenvalue weighted by molar-refractivity contribution is -0.131. The molecule has 1 saturated heterocycles. The second-order valence-corrected chi connectivity index (χ2v) is 8.74. The zero-order valence-corrected chi connectivity index (χ0v) is 16.1. The largest absolute Gasteiger partial charge is 0.333 e. The molecule has 0 saturated carbocycles. The summed E-state index contributed by atoms with van der Waals surface area (Å²) in [7, 11) is 0. The van der Waals surface area contributed by atoms with E-state index in [0.717, 1.165) is 60.3 Å². The van der Waals surface area contributed by atoms with Crippen molar-refractivity contribution in [2.45, 2.75) is 31.7 Å². The van der Waals surface area contributed by atoms with Gasteiger partial charge in [-0.3, -0.25) is 9.79 Å². The van der Waals surface area contributed by atoms with Crippen LogP contribution in [-0.4, -0.2) is 45.5 Å². The van der Waals surface area contributed by atoms with Gasteiger partial charge in [-0.1, -0.05) is 23.9 Å². The van der Waals surface area contributed by atoms with E-state index < -0.39 is 0 Å². The summed E-state index contributed by atoms with van der Waals surface area (Å²) in [5.41, 5.74) is 2.14. The van der Waals surface area contributed by atoms with Crippen molar-refractivity contribution >= 4 is 44.4 Å². The van der Waals surface area contributed by atoms with Crippen molar-refractivity contribution in [1.29, 1.82) is 0 Å². The van der Waals surface area contributed by atoms with Crippen molar-refractivity contribution in [3.63, 3.8) is 0 Å². The van der Waals surface area contributed by atoms with Crippen LogP contribution in [0.5, 0.6) is 0 Å². The second-order valence-electron chi connectivity index (χ2n) is 6.84. The average molecular weight is 385 g/mol. The summed E-state index contributed by atoms with van der Waals surface area (Å²) in [6.07, 6.45) is 3.59. The summed E-state index contributed by atoms with van der Waals surface area (Å²) in [4.78, 5) is 26.7. The number of nitrogens with zero attached hydrogens (tertiary/aromatic N) is 4. The van der Waals surface area contributed by atoms with Gasteiger partial charge in [0.1, 0.15) is 5.01 Å². The van der Waals surface area contributed by atoms with Crippen LogP contribution >= 0.6 is 23.1 Å². The first-order chi connectivity index (χ1) is 12.8. The summed E-state index contributed by atoms with van der Waals surface area (Å²) < 4.78 is 1.20. The Kier molecular flexibility index (Phi) is 4.21. The van der Waals surface area contributed by atoms with Crippen molar-refractivity contribution in [2.75, 3.05) is 19.6 Å². The average Bonchev–Trinajstić information content (AvgIpc) is 3.39. The number of likely N-dealkylation sites (tertiary alicyclic amines) is 1. The van der Waals surface area contributed by atoms with Crippen LogP contribution in [0.1, 0.15) is 36.7 Å². The number of amidine groups is 1. The third-order valence-corrected chi connectivity index (χ3v) is 7.25. The van der Waals surface area contributed by atoms with Gasteiger partial charge in [-0.15, -0.1) is 11.3 Å². The first kappa shape index (κ1) is 16.3. The Labute approximate surface area is 160 Å². The summed E-state index contributed by atoms with van der Waals surface area (Å²) >= 11 is 3.38. The van der Waals surface area contributed by atoms with Crippen LogP contribution in [0.2, 0.25) is 0 Å². The first-order valence-corrected chi connectivity index (χ1v) is 10.8. The molecule has 3 aliphatic heterocycles. The summed E-state index contributed by atoms with van der Waals surface area (Å²) in [6.45, 7) is 2.72. The molecule has 1 atom stereocenters. The minimum absolute atomic E-state index is 0.129.